The number of rotatable bonds is 12. The minimum atomic E-state index is -4.69. The maximum absolute atomic E-state index is 13.6. The van der Waals surface area contributed by atoms with E-state index in [1.165, 1.54) is 43.5 Å². The molecule has 0 bridgehead atoms. The van der Waals surface area contributed by atoms with Gasteiger partial charge in [0, 0.05) is 29.0 Å². The number of hydrogen-bond acceptors (Lipinski definition) is 5. The monoisotopic (exact) mass is 709 g/mol. The number of aryl methyl sites for hydroxylation is 1. The highest BCUT2D eigenvalue weighted by atomic mass is 19.4. The highest BCUT2D eigenvalue weighted by Gasteiger charge is 2.34. The minimum Gasteiger partial charge on any atom is -0.497 e. The topological polar surface area (TPSA) is 125 Å². The number of alkyl halides is 3. The van der Waals surface area contributed by atoms with Crippen molar-refractivity contribution < 1.29 is 42.2 Å². The molecule has 52 heavy (non-hydrogen) atoms. The van der Waals surface area contributed by atoms with Crippen LogP contribution in [0.3, 0.4) is 0 Å². The fraction of sp³-hybridized carbons (Fsp3) is 0.150. The van der Waals surface area contributed by atoms with Gasteiger partial charge in [-0.15, -0.1) is 0 Å². The molecule has 5 aromatic carbocycles. The Labute approximate surface area is 297 Å². The van der Waals surface area contributed by atoms with Gasteiger partial charge in [0.15, 0.2) is 0 Å². The lowest BCUT2D eigenvalue weighted by Gasteiger charge is -2.21. The molecular formula is C40H34F3N3O6. The molecule has 0 atom stereocenters. The van der Waals surface area contributed by atoms with E-state index in [0.29, 0.717) is 16.8 Å². The zero-order valence-electron chi connectivity index (χ0n) is 28.2. The first-order valence-electron chi connectivity index (χ1n) is 16.0. The van der Waals surface area contributed by atoms with Crippen molar-refractivity contribution in [2.24, 2.45) is 0 Å². The number of benzene rings is 5. The van der Waals surface area contributed by atoms with Crippen LogP contribution in [0.15, 0.2) is 115 Å². The number of ether oxygens (including phenoxy) is 1. The van der Waals surface area contributed by atoms with Crippen LogP contribution in [0.5, 0.6) is 5.75 Å². The van der Waals surface area contributed by atoms with Crippen LogP contribution in [-0.2, 0) is 28.7 Å². The Morgan fingerprint density at radius 2 is 1.29 bits per heavy atom. The first-order chi connectivity index (χ1) is 24.8. The van der Waals surface area contributed by atoms with Gasteiger partial charge in [0.25, 0.3) is 11.8 Å². The van der Waals surface area contributed by atoms with Crippen molar-refractivity contribution in [3.63, 3.8) is 0 Å². The molecule has 0 aliphatic carbocycles. The first kappa shape index (κ1) is 36.8. The van der Waals surface area contributed by atoms with E-state index in [1.807, 2.05) is 55.5 Å². The van der Waals surface area contributed by atoms with Crippen LogP contribution < -0.4 is 15.4 Å². The van der Waals surface area contributed by atoms with Gasteiger partial charge in [0.2, 0.25) is 5.91 Å². The number of carbonyl (C=O) groups excluding carboxylic acids is 3. The van der Waals surface area contributed by atoms with Gasteiger partial charge in [0.1, 0.15) is 12.3 Å². The lowest BCUT2D eigenvalue weighted by atomic mass is 10.0. The molecule has 0 unspecified atom stereocenters. The SMILES string of the molecule is COc1ccc(CC(=O)Nc2ccc(C(=O)N(CC(=O)O)Cc3ccc(C(=O)Nc4ccc(-c5ccc(C)cc5)cc4)cc3)cc2)c(C(F)(F)F)c1. The second-order valence-corrected chi connectivity index (χ2v) is 12.0. The van der Waals surface area contributed by atoms with Crippen molar-refractivity contribution in [2.45, 2.75) is 26.1 Å². The number of anilines is 2. The van der Waals surface area contributed by atoms with E-state index in [0.717, 1.165) is 27.7 Å². The van der Waals surface area contributed by atoms with E-state index >= 15 is 0 Å². The molecule has 9 nitrogen and oxygen atoms in total. The molecule has 0 aliphatic rings. The predicted octanol–water partition coefficient (Wildman–Crippen LogP) is 7.85. The number of aliphatic carboxylic acids is 1. The molecule has 0 fully saturated rings. The second-order valence-electron chi connectivity index (χ2n) is 12.0. The van der Waals surface area contributed by atoms with Crippen LogP contribution in [-0.4, -0.2) is 47.4 Å². The highest BCUT2D eigenvalue weighted by molar-refractivity contribution is 6.04. The Bertz CT molecular complexity index is 2060. The molecular weight excluding hydrogens is 675 g/mol. The predicted molar refractivity (Wildman–Crippen MR) is 190 cm³/mol. The number of methoxy groups -OCH3 is 1. The second kappa shape index (κ2) is 16.1. The summed E-state index contributed by atoms with van der Waals surface area (Å²) in [6, 6.07) is 30.9. The maximum Gasteiger partial charge on any atom is 0.416 e. The van der Waals surface area contributed by atoms with Gasteiger partial charge in [-0.3, -0.25) is 19.2 Å². The highest BCUT2D eigenvalue weighted by Crippen LogP contribution is 2.35. The standard InChI is InChI=1S/C40H34F3N3O6/c1-25-3-7-27(8-4-25)28-11-16-33(17-12-28)45-38(50)29-9-5-26(6-10-29)23-46(24-37(48)49)39(51)30-13-18-32(19-14-30)44-36(47)21-31-15-20-34(52-2)22-35(31)40(41,42)43/h3-20,22H,21,23-24H2,1-2H3,(H,44,47)(H,45,50)(H,48,49). The van der Waals surface area contributed by atoms with Crippen LogP contribution in [0.2, 0.25) is 0 Å². The number of carbonyl (C=O) groups is 4. The van der Waals surface area contributed by atoms with Crippen LogP contribution in [0, 0.1) is 6.92 Å². The van der Waals surface area contributed by atoms with E-state index in [-0.39, 0.29) is 35.0 Å². The molecule has 3 N–H and O–H groups in total. The summed E-state index contributed by atoms with van der Waals surface area (Å²) in [4.78, 5) is 51.6. The third-order valence-corrected chi connectivity index (χ3v) is 8.12. The maximum atomic E-state index is 13.6. The summed E-state index contributed by atoms with van der Waals surface area (Å²) < 4.78 is 45.5. The molecule has 3 amide bonds. The zero-order valence-corrected chi connectivity index (χ0v) is 28.2. The molecule has 0 saturated carbocycles. The van der Waals surface area contributed by atoms with Gasteiger partial charge in [-0.2, -0.15) is 13.2 Å². The van der Waals surface area contributed by atoms with Crippen molar-refractivity contribution in [1.29, 1.82) is 0 Å². The Hall–Kier alpha value is -6.43. The lowest BCUT2D eigenvalue weighted by Crippen LogP contribution is -2.35. The van der Waals surface area contributed by atoms with Gasteiger partial charge < -0.3 is 25.4 Å². The van der Waals surface area contributed by atoms with Crippen LogP contribution in [0.1, 0.15) is 43.0 Å². The molecule has 0 aromatic heterocycles. The molecule has 5 rings (SSSR count). The third kappa shape index (κ3) is 9.63. The zero-order chi connectivity index (χ0) is 37.4. The van der Waals surface area contributed by atoms with Gasteiger partial charge in [-0.05, 0) is 89.8 Å². The molecule has 5 aromatic rings. The van der Waals surface area contributed by atoms with Gasteiger partial charge >= 0.3 is 12.1 Å². The third-order valence-electron chi connectivity index (χ3n) is 8.12. The Balaban J connectivity index is 1.19. The smallest absolute Gasteiger partial charge is 0.416 e. The summed E-state index contributed by atoms with van der Waals surface area (Å²) in [5.41, 5.74) is 3.91. The van der Waals surface area contributed by atoms with E-state index < -0.39 is 42.5 Å². The average molecular weight is 710 g/mol. The van der Waals surface area contributed by atoms with Crippen molar-refractivity contribution in [3.05, 3.63) is 149 Å². The summed E-state index contributed by atoms with van der Waals surface area (Å²) in [5.74, 6) is -2.90. The molecule has 0 saturated heterocycles. The Morgan fingerprint density at radius 1 is 0.731 bits per heavy atom. The summed E-state index contributed by atoms with van der Waals surface area (Å²) >= 11 is 0. The summed E-state index contributed by atoms with van der Waals surface area (Å²) in [6.07, 6.45) is -5.26. The van der Waals surface area contributed by atoms with Gasteiger partial charge in [-0.25, -0.2) is 0 Å². The average Bonchev–Trinajstić information content (AvgIpc) is 3.12. The minimum absolute atomic E-state index is 0.00470. The number of nitrogens with zero attached hydrogens (tertiary/aromatic N) is 1. The van der Waals surface area contributed by atoms with Gasteiger partial charge in [0.05, 0.1) is 19.1 Å². The number of carboxylic acids is 1. The summed E-state index contributed by atoms with van der Waals surface area (Å²) in [6.45, 7) is 1.34. The van der Waals surface area contributed by atoms with Gasteiger partial charge in [-0.1, -0.05) is 60.2 Å². The summed E-state index contributed by atoms with van der Waals surface area (Å²) in [7, 11) is 1.24. The van der Waals surface area contributed by atoms with Crippen molar-refractivity contribution in [3.8, 4) is 16.9 Å². The van der Waals surface area contributed by atoms with Crippen LogP contribution in [0.4, 0.5) is 24.5 Å². The van der Waals surface area contributed by atoms with Crippen LogP contribution >= 0.6 is 0 Å². The molecule has 0 spiro atoms. The molecule has 12 heteroatoms. The number of hydrogen-bond donors (Lipinski definition) is 3. The van der Waals surface area contributed by atoms with Crippen molar-refractivity contribution in [1.82, 2.24) is 4.90 Å². The fourth-order valence-electron chi connectivity index (χ4n) is 5.40. The fourth-order valence-corrected chi connectivity index (χ4v) is 5.40. The summed E-state index contributed by atoms with van der Waals surface area (Å²) in [5, 5.41) is 14.9. The largest absolute Gasteiger partial charge is 0.497 e. The molecule has 0 radical (unpaired) electrons. The van der Waals surface area contributed by atoms with E-state index in [9.17, 15) is 37.5 Å². The number of amides is 3. The molecule has 266 valence electrons. The quantitative estimate of drug-likeness (QED) is 0.121. The van der Waals surface area contributed by atoms with E-state index in [4.69, 9.17) is 4.74 Å². The normalized spacial score (nSPS) is 11.0. The lowest BCUT2D eigenvalue weighted by molar-refractivity contribution is -0.139. The molecule has 0 heterocycles. The number of carboxylic acid groups (broad SMARTS) is 1. The van der Waals surface area contributed by atoms with E-state index in [1.54, 1.807) is 24.3 Å². The Morgan fingerprint density at radius 3 is 1.87 bits per heavy atom. The van der Waals surface area contributed by atoms with Crippen LogP contribution in [0.25, 0.3) is 11.1 Å². The Kier molecular flexibility index (Phi) is 11.4. The number of halogens is 3. The molecule has 0 aliphatic heterocycles. The van der Waals surface area contributed by atoms with Crippen molar-refractivity contribution in [2.75, 3.05) is 24.3 Å². The first-order valence-corrected chi connectivity index (χ1v) is 16.0. The number of nitrogens with one attached hydrogen (secondary N) is 2. The van der Waals surface area contributed by atoms with Crippen molar-refractivity contribution >= 4 is 35.1 Å². The van der Waals surface area contributed by atoms with E-state index in [2.05, 4.69) is 10.6 Å².